The summed E-state index contributed by atoms with van der Waals surface area (Å²) in [6, 6.07) is 14.3. The van der Waals surface area contributed by atoms with E-state index in [-0.39, 0.29) is 32.7 Å². The van der Waals surface area contributed by atoms with Crippen LogP contribution in [0.15, 0.2) is 36.5 Å². The topological polar surface area (TPSA) is 8.81 Å². The van der Waals surface area contributed by atoms with Crippen LogP contribution >= 0.6 is 0 Å². The molecule has 0 bridgehead atoms. The van der Waals surface area contributed by atoms with E-state index in [2.05, 4.69) is 85.6 Å². The molecule has 0 saturated carbocycles. The van der Waals surface area contributed by atoms with Crippen molar-refractivity contribution < 1.29 is 37.3 Å². The van der Waals surface area contributed by atoms with E-state index in [1.807, 2.05) is 6.92 Å². The van der Waals surface area contributed by atoms with Gasteiger partial charge < -0.3 is 10.6 Å². The Morgan fingerprint density at radius 2 is 1.96 bits per heavy atom. The summed E-state index contributed by atoms with van der Waals surface area (Å²) in [7, 11) is 2.08. The first kappa shape index (κ1) is 18.1. The third-order valence-corrected chi connectivity index (χ3v) is 4.18. The number of pyridine rings is 1. The number of aromatic nitrogens is 2. The molecule has 3 rings (SSSR count). The van der Waals surface area contributed by atoms with Crippen molar-refractivity contribution in [3.8, 4) is 5.82 Å². The van der Waals surface area contributed by atoms with E-state index in [9.17, 15) is 0 Å². The first-order chi connectivity index (χ1) is 10.5. The van der Waals surface area contributed by atoms with Crippen LogP contribution in [-0.2, 0) is 39.8 Å². The minimum Gasteiger partial charge on any atom is -0.331 e. The predicted octanol–water partition coefficient (Wildman–Crippen LogP) is 4.10. The Balaban J connectivity index is 0.00000192. The molecule has 2 aromatic heterocycles. The van der Waals surface area contributed by atoms with Gasteiger partial charge in [-0.1, -0.05) is 6.07 Å². The van der Waals surface area contributed by atoms with Crippen molar-refractivity contribution >= 4 is 16.5 Å². The monoisotopic (exact) mass is 378 g/mol. The number of rotatable bonds is 2. The standard InChI is InChI=1S/C20H21N2.Y/c1-6-15(3)18-13-17-9-7-8-16(4)20(17)22(18)19-12-14(2)10-11-21(19)5;/h7-12H,1-5H3;/q-1;. The minimum atomic E-state index is 0. The fourth-order valence-electron chi connectivity index (χ4n) is 2.84. The van der Waals surface area contributed by atoms with E-state index in [1.54, 1.807) is 0 Å². The maximum atomic E-state index is 3.55. The van der Waals surface area contributed by atoms with Gasteiger partial charge >= 0.3 is 0 Å². The molecule has 3 heteroatoms. The maximum Gasteiger partial charge on any atom is 0.260 e. The fourth-order valence-corrected chi connectivity index (χ4v) is 2.84. The zero-order valence-corrected chi connectivity index (χ0v) is 17.3. The molecule has 1 radical (unpaired) electrons. The van der Waals surface area contributed by atoms with Crippen molar-refractivity contribution in [1.82, 2.24) is 4.57 Å². The minimum absolute atomic E-state index is 0. The van der Waals surface area contributed by atoms with Crippen LogP contribution in [0.4, 0.5) is 0 Å². The summed E-state index contributed by atoms with van der Waals surface area (Å²) in [6.45, 7) is 8.32. The molecule has 2 heterocycles. The summed E-state index contributed by atoms with van der Waals surface area (Å²) in [5, 5.41) is 1.14. The predicted molar refractivity (Wildman–Crippen MR) is 90.8 cm³/mol. The molecule has 115 valence electrons. The summed E-state index contributed by atoms with van der Waals surface area (Å²) in [5.74, 6) is 1.14. The van der Waals surface area contributed by atoms with Gasteiger partial charge in [-0.15, -0.1) is 37.1 Å². The number of nitrogens with zero attached hydrogens (tertiary/aromatic N) is 2. The number of fused-ring (bicyclic) bond motifs is 1. The summed E-state index contributed by atoms with van der Waals surface area (Å²) < 4.78 is 4.45. The maximum absolute atomic E-state index is 3.55. The van der Waals surface area contributed by atoms with Gasteiger partial charge in [-0.2, -0.15) is 6.07 Å². The van der Waals surface area contributed by atoms with Crippen LogP contribution in [0.25, 0.3) is 22.3 Å². The first-order valence-electron chi connectivity index (χ1n) is 7.54. The third kappa shape index (κ3) is 3.20. The van der Waals surface area contributed by atoms with Gasteiger partial charge in [-0.25, -0.2) is 4.57 Å². The molecule has 3 aromatic rings. The van der Waals surface area contributed by atoms with Crippen molar-refractivity contribution in [1.29, 1.82) is 0 Å². The summed E-state index contributed by atoms with van der Waals surface area (Å²) in [5.41, 5.74) is 5.90. The summed E-state index contributed by atoms with van der Waals surface area (Å²) in [4.78, 5) is 0. The average molecular weight is 378 g/mol. The van der Waals surface area contributed by atoms with Gasteiger partial charge in [0.2, 0.25) is 0 Å². The van der Waals surface area contributed by atoms with E-state index in [0.29, 0.717) is 0 Å². The van der Waals surface area contributed by atoms with Crippen molar-refractivity contribution in [3.05, 3.63) is 65.5 Å². The van der Waals surface area contributed by atoms with E-state index in [1.165, 1.54) is 16.6 Å². The van der Waals surface area contributed by atoms with Crippen LogP contribution in [0.2, 0.25) is 0 Å². The Morgan fingerprint density at radius 3 is 2.65 bits per heavy atom. The van der Waals surface area contributed by atoms with E-state index in [4.69, 9.17) is 0 Å². The molecular formula is C20H21N2Y-. The SMILES string of the molecule is C[C-]=C(C)c1[c-]c2cccc(C)c2n1-c1cc(C)cc[n+]1C.[Y]. The fraction of sp³-hybridized carbons (Fsp3) is 0.250. The van der Waals surface area contributed by atoms with Gasteiger partial charge in [-0.3, -0.25) is 5.57 Å². The van der Waals surface area contributed by atoms with Crippen molar-refractivity contribution in [2.75, 3.05) is 0 Å². The molecule has 0 aliphatic rings. The Kier molecular flexibility index (Phi) is 5.59. The van der Waals surface area contributed by atoms with Gasteiger partial charge in [0, 0.05) is 44.3 Å². The number of para-hydroxylation sites is 1. The summed E-state index contributed by atoms with van der Waals surface area (Å²) >= 11 is 0. The number of benzene rings is 1. The Morgan fingerprint density at radius 1 is 1.22 bits per heavy atom. The largest absolute Gasteiger partial charge is 0.331 e. The van der Waals surface area contributed by atoms with Crippen LogP contribution in [-0.4, -0.2) is 4.57 Å². The average Bonchev–Trinajstić information content (AvgIpc) is 2.89. The Hall–Kier alpha value is -1.25. The normalized spacial score (nSPS) is 11.6. The van der Waals surface area contributed by atoms with Gasteiger partial charge in [0.15, 0.2) is 0 Å². The number of hydrogen-bond acceptors (Lipinski definition) is 0. The molecule has 0 aliphatic carbocycles. The zero-order chi connectivity index (χ0) is 15.9. The zero-order valence-electron chi connectivity index (χ0n) is 14.4. The molecule has 1 aromatic carbocycles. The van der Waals surface area contributed by atoms with E-state index in [0.717, 1.165) is 22.5 Å². The van der Waals surface area contributed by atoms with Gasteiger partial charge in [0.25, 0.3) is 5.82 Å². The van der Waals surface area contributed by atoms with Gasteiger partial charge in [0.05, 0.1) is 13.2 Å². The van der Waals surface area contributed by atoms with Crippen molar-refractivity contribution in [2.45, 2.75) is 27.7 Å². The number of allylic oxidation sites excluding steroid dienone is 2. The molecule has 0 N–H and O–H groups in total. The molecule has 0 saturated heterocycles. The molecule has 0 fully saturated rings. The molecular weight excluding hydrogens is 357 g/mol. The van der Waals surface area contributed by atoms with Gasteiger partial charge in [0.1, 0.15) is 0 Å². The van der Waals surface area contributed by atoms with Gasteiger partial charge in [-0.05, 0) is 31.0 Å². The molecule has 0 amide bonds. The molecule has 0 atom stereocenters. The van der Waals surface area contributed by atoms with Crippen molar-refractivity contribution in [2.24, 2.45) is 7.05 Å². The first-order valence-corrected chi connectivity index (χ1v) is 7.54. The van der Waals surface area contributed by atoms with E-state index >= 15 is 0 Å². The van der Waals surface area contributed by atoms with Crippen LogP contribution in [0, 0.1) is 26.0 Å². The van der Waals surface area contributed by atoms with Crippen LogP contribution in [0.3, 0.4) is 0 Å². The molecule has 2 nitrogen and oxygen atoms in total. The Bertz CT molecular complexity index is 888. The smallest absolute Gasteiger partial charge is 0.260 e. The molecule has 0 unspecified atom stereocenters. The Labute approximate surface area is 163 Å². The van der Waals surface area contributed by atoms with Crippen LogP contribution in [0.1, 0.15) is 30.7 Å². The quantitative estimate of drug-likeness (QED) is 0.469. The molecule has 0 aliphatic heterocycles. The van der Waals surface area contributed by atoms with Crippen molar-refractivity contribution in [3.63, 3.8) is 0 Å². The number of aryl methyl sites for hydroxylation is 3. The van der Waals surface area contributed by atoms with Crippen LogP contribution in [0.5, 0.6) is 0 Å². The summed E-state index contributed by atoms with van der Waals surface area (Å²) in [6.07, 6.45) is 5.37. The number of hydrogen-bond donors (Lipinski definition) is 0. The molecule has 23 heavy (non-hydrogen) atoms. The molecule has 0 spiro atoms. The second-order valence-electron chi connectivity index (χ2n) is 5.83. The second kappa shape index (κ2) is 7.11. The third-order valence-electron chi connectivity index (χ3n) is 4.18. The second-order valence-corrected chi connectivity index (χ2v) is 5.83. The van der Waals surface area contributed by atoms with E-state index < -0.39 is 0 Å². The van der Waals surface area contributed by atoms with Crippen LogP contribution < -0.4 is 4.57 Å².